The number of hydrogen-bond donors (Lipinski definition) is 1. The van der Waals surface area contributed by atoms with Crippen molar-refractivity contribution in [1.82, 2.24) is 0 Å². The smallest absolute Gasteiger partial charge is 0.303 e. The highest BCUT2D eigenvalue weighted by Gasteiger charge is 2.46. The maximum absolute atomic E-state index is 11.0. The molecule has 0 aliphatic heterocycles. The molecule has 1 aromatic carbocycles. The van der Waals surface area contributed by atoms with Crippen LogP contribution in [0.5, 0.6) is 0 Å². The molecule has 0 aromatic heterocycles. The van der Waals surface area contributed by atoms with Crippen LogP contribution in [0.2, 0.25) is 0 Å². The van der Waals surface area contributed by atoms with E-state index in [2.05, 4.69) is 82.7 Å². The minimum atomic E-state index is -1.70. The van der Waals surface area contributed by atoms with Crippen molar-refractivity contribution in [2.24, 2.45) is 0 Å². The Hall–Kier alpha value is -1.44. The molecule has 1 aromatic rings. The van der Waals surface area contributed by atoms with Crippen LogP contribution in [0.25, 0.3) is 0 Å². The van der Waals surface area contributed by atoms with Gasteiger partial charge in [0.05, 0.1) is 6.16 Å². The van der Waals surface area contributed by atoms with E-state index >= 15 is 0 Å². The molecule has 0 saturated carbocycles. The molecule has 2 nitrogen and oxygen atoms in total. The fourth-order valence-electron chi connectivity index (χ4n) is 3.91. The molecule has 2 aliphatic carbocycles. The maximum atomic E-state index is 11.0. The number of benzene rings is 1. The number of halogens is 1. The fourth-order valence-corrected chi connectivity index (χ4v) is 8.56. The van der Waals surface area contributed by atoms with Gasteiger partial charge in [-0.25, -0.2) is 0 Å². The molecule has 0 saturated heterocycles. The molecule has 28 heavy (non-hydrogen) atoms. The van der Waals surface area contributed by atoms with Crippen molar-refractivity contribution in [2.45, 2.75) is 44.9 Å². The lowest BCUT2D eigenvalue weighted by Crippen LogP contribution is -2.18. The number of allylic oxidation sites excluding steroid dienone is 8. The summed E-state index contributed by atoms with van der Waals surface area (Å²) >= 11 is 2.94. The standard InChI is InChI=1S/C23H27O2P.CH3Br/c24-23(25)18-10-11-19-26(20-12-4-1-5-13-20,21-14-6-2-7-15-21)22-16-8-3-9-17-22;1-2/h1,4-6,8,12-17H,2-3,7,9-11,18-19H2;1H3/p+1. The van der Waals surface area contributed by atoms with Crippen LogP contribution in [0.3, 0.4) is 0 Å². The lowest BCUT2D eigenvalue weighted by atomic mass is 10.2. The Kier molecular flexibility index (Phi) is 9.95. The Morgan fingerprint density at radius 3 is 1.96 bits per heavy atom. The molecule has 1 N–H and O–H groups in total. The molecule has 0 amide bonds. The Morgan fingerprint density at radius 1 is 0.929 bits per heavy atom. The van der Waals surface area contributed by atoms with Gasteiger partial charge in [0.15, 0.2) is 0 Å². The average molecular weight is 462 g/mol. The van der Waals surface area contributed by atoms with Crippen molar-refractivity contribution in [2.75, 3.05) is 12.0 Å². The molecule has 0 fully saturated rings. The molecule has 0 atom stereocenters. The van der Waals surface area contributed by atoms with Crippen LogP contribution >= 0.6 is 23.2 Å². The monoisotopic (exact) mass is 461 g/mol. The van der Waals surface area contributed by atoms with Gasteiger partial charge in [-0.2, -0.15) is 0 Å². The normalized spacial score (nSPS) is 15.9. The van der Waals surface area contributed by atoms with Gasteiger partial charge < -0.3 is 5.11 Å². The summed E-state index contributed by atoms with van der Waals surface area (Å²) in [5.41, 5.74) is 0. The summed E-state index contributed by atoms with van der Waals surface area (Å²) in [5.74, 6) is 1.12. The predicted octanol–water partition coefficient (Wildman–Crippen LogP) is 7.06. The van der Waals surface area contributed by atoms with E-state index in [0.29, 0.717) is 0 Å². The van der Waals surface area contributed by atoms with Crippen LogP contribution in [0.1, 0.15) is 44.9 Å². The fraction of sp³-hybridized carbons (Fsp3) is 0.375. The summed E-state index contributed by atoms with van der Waals surface area (Å²) < 4.78 is 0. The lowest BCUT2D eigenvalue weighted by Gasteiger charge is -2.31. The Morgan fingerprint density at radius 2 is 1.50 bits per heavy atom. The number of aliphatic carboxylic acids is 1. The summed E-state index contributed by atoms with van der Waals surface area (Å²) in [5, 5.41) is 13.4. The highest BCUT2D eigenvalue weighted by molar-refractivity contribution is 9.08. The summed E-state index contributed by atoms with van der Waals surface area (Å²) in [6.07, 6.45) is 21.6. The Bertz CT molecular complexity index is 715. The van der Waals surface area contributed by atoms with Gasteiger partial charge in [-0.15, -0.1) is 0 Å². The molecule has 0 radical (unpaired) electrons. The summed E-state index contributed by atoms with van der Waals surface area (Å²) in [6, 6.07) is 10.9. The number of hydrogen-bond acceptors (Lipinski definition) is 1. The quantitative estimate of drug-likeness (QED) is 0.255. The van der Waals surface area contributed by atoms with Crippen LogP contribution in [-0.2, 0) is 4.79 Å². The van der Waals surface area contributed by atoms with E-state index in [1.165, 1.54) is 15.9 Å². The second-order valence-electron chi connectivity index (χ2n) is 6.94. The molecule has 2 aliphatic rings. The number of unbranched alkanes of at least 4 members (excludes halogenated alkanes) is 1. The van der Waals surface area contributed by atoms with E-state index in [1.54, 1.807) is 0 Å². The molecular formula is C24H31BrO2P+. The van der Waals surface area contributed by atoms with Crippen molar-refractivity contribution in [1.29, 1.82) is 0 Å². The summed E-state index contributed by atoms with van der Waals surface area (Å²) in [4.78, 5) is 11.0. The molecule has 3 rings (SSSR count). The van der Waals surface area contributed by atoms with Crippen LogP contribution in [0, 0.1) is 0 Å². The SMILES string of the molecule is CBr.O=C(O)CCCC[P+](C1=CCCC=C1)(C1=CCCC=C1)c1ccccc1. The second kappa shape index (κ2) is 12.2. The summed E-state index contributed by atoms with van der Waals surface area (Å²) in [7, 11) is -1.70. The average Bonchev–Trinajstić information content (AvgIpc) is 2.77. The topological polar surface area (TPSA) is 37.3 Å². The van der Waals surface area contributed by atoms with E-state index in [1.807, 2.05) is 5.83 Å². The van der Waals surface area contributed by atoms with Crippen molar-refractivity contribution in [3.63, 3.8) is 0 Å². The molecule has 150 valence electrons. The van der Waals surface area contributed by atoms with Gasteiger partial charge in [0.1, 0.15) is 23.2 Å². The number of carboxylic acids is 1. The first kappa shape index (κ1) is 22.8. The molecular weight excluding hydrogens is 431 g/mol. The minimum absolute atomic E-state index is 0.262. The molecule has 0 bridgehead atoms. The predicted molar refractivity (Wildman–Crippen MR) is 127 cm³/mol. The highest BCUT2D eigenvalue weighted by atomic mass is 79.9. The minimum Gasteiger partial charge on any atom is -0.481 e. The first-order chi connectivity index (χ1) is 13.7. The first-order valence-electron chi connectivity index (χ1n) is 10.0. The van der Waals surface area contributed by atoms with Gasteiger partial charge in [0.25, 0.3) is 0 Å². The van der Waals surface area contributed by atoms with Crippen molar-refractivity contribution in [3.8, 4) is 0 Å². The number of carboxylic acid groups (broad SMARTS) is 1. The number of carbonyl (C=O) groups is 1. The van der Waals surface area contributed by atoms with Gasteiger partial charge in [-0.1, -0.05) is 46.3 Å². The van der Waals surface area contributed by atoms with E-state index in [-0.39, 0.29) is 6.42 Å². The van der Waals surface area contributed by atoms with Crippen LogP contribution in [-0.4, -0.2) is 23.1 Å². The molecule has 0 unspecified atom stereocenters. The van der Waals surface area contributed by atoms with Crippen molar-refractivity contribution in [3.05, 3.63) is 77.4 Å². The van der Waals surface area contributed by atoms with Crippen LogP contribution in [0.15, 0.2) is 77.4 Å². The van der Waals surface area contributed by atoms with E-state index < -0.39 is 13.2 Å². The van der Waals surface area contributed by atoms with E-state index in [4.69, 9.17) is 5.11 Å². The van der Waals surface area contributed by atoms with Crippen molar-refractivity contribution >= 4 is 34.5 Å². The second-order valence-corrected chi connectivity index (χ2v) is 10.6. The van der Waals surface area contributed by atoms with Gasteiger partial charge in [-0.3, -0.25) is 4.79 Å². The van der Waals surface area contributed by atoms with Gasteiger partial charge in [0, 0.05) is 6.42 Å². The highest BCUT2D eigenvalue weighted by Crippen LogP contribution is 2.72. The first-order valence-corrected chi connectivity index (χ1v) is 13.6. The lowest BCUT2D eigenvalue weighted by molar-refractivity contribution is -0.137. The Labute approximate surface area is 178 Å². The van der Waals surface area contributed by atoms with Crippen molar-refractivity contribution < 1.29 is 9.90 Å². The van der Waals surface area contributed by atoms with Gasteiger partial charge >= 0.3 is 5.97 Å². The zero-order valence-electron chi connectivity index (χ0n) is 16.7. The van der Waals surface area contributed by atoms with Crippen LogP contribution in [0.4, 0.5) is 0 Å². The maximum Gasteiger partial charge on any atom is 0.303 e. The van der Waals surface area contributed by atoms with Gasteiger partial charge in [-0.05, 0) is 80.8 Å². The van der Waals surface area contributed by atoms with E-state index in [9.17, 15) is 4.79 Å². The number of rotatable bonds is 8. The zero-order valence-corrected chi connectivity index (χ0v) is 19.2. The third-order valence-electron chi connectivity index (χ3n) is 5.16. The Balaban J connectivity index is 0.00000136. The molecule has 0 heterocycles. The third-order valence-corrected chi connectivity index (χ3v) is 9.76. The third kappa shape index (κ3) is 5.78. The van der Waals surface area contributed by atoms with Crippen LogP contribution < -0.4 is 5.30 Å². The summed E-state index contributed by atoms with van der Waals surface area (Å²) in [6.45, 7) is 0. The van der Waals surface area contributed by atoms with Gasteiger partial charge in [0.2, 0.25) is 0 Å². The molecule has 4 heteroatoms. The zero-order chi connectivity index (χ0) is 20.2. The largest absolute Gasteiger partial charge is 0.481 e. The molecule has 0 spiro atoms. The van der Waals surface area contributed by atoms with E-state index in [0.717, 1.165) is 44.7 Å². The number of alkyl halides is 1.